The molecule has 1 aliphatic rings. The van der Waals surface area contributed by atoms with Gasteiger partial charge >= 0.3 is 0 Å². The molecular formula is C20H30IN5S. The van der Waals surface area contributed by atoms with Crippen molar-refractivity contribution in [3.63, 3.8) is 0 Å². The summed E-state index contributed by atoms with van der Waals surface area (Å²) >= 11 is 1.76. The maximum Gasteiger partial charge on any atom is 0.194 e. The maximum atomic E-state index is 4.50. The van der Waals surface area contributed by atoms with Gasteiger partial charge in [-0.25, -0.2) is 4.98 Å². The summed E-state index contributed by atoms with van der Waals surface area (Å²) in [6, 6.07) is 6.58. The van der Waals surface area contributed by atoms with Gasteiger partial charge in [-0.2, -0.15) is 0 Å². The lowest BCUT2D eigenvalue weighted by Gasteiger charge is -2.38. The topological polar surface area (TPSA) is 43.8 Å². The smallest absolute Gasteiger partial charge is 0.194 e. The van der Waals surface area contributed by atoms with Crippen LogP contribution in [0.5, 0.6) is 0 Å². The minimum absolute atomic E-state index is 0. The Labute approximate surface area is 183 Å². The predicted molar refractivity (Wildman–Crippen MR) is 127 cm³/mol. The summed E-state index contributed by atoms with van der Waals surface area (Å²) in [6.07, 6.45) is 0. The molecule has 27 heavy (non-hydrogen) atoms. The number of aromatic nitrogens is 1. The average molecular weight is 499 g/mol. The molecule has 1 N–H and O–H groups in total. The molecule has 0 spiro atoms. The molecule has 2 heterocycles. The van der Waals surface area contributed by atoms with Crippen molar-refractivity contribution in [2.45, 2.75) is 34.2 Å². The molecule has 0 aliphatic carbocycles. The Morgan fingerprint density at radius 1 is 1.15 bits per heavy atom. The fourth-order valence-corrected chi connectivity index (χ4v) is 4.34. The second kappa shape index (κ2) is 9.73. The summed E-state index contributed by atoms with van der Waals surface area (Å²) in [7, 11) is 1.87. The number of thiazole rings is 1. The summed E-state index contributed by atoms with van der Waals surface area (Å²) in [6.45, 7) is 13.3. The first kappa shape index (κ1) is 21.9. The number of aryl methyl sites for hydroxylation is 3. The Bertz CT molecular complexity index is 794. The molecule has 1 fully saturated rings. The lowest BCUT2D eigenvalue weighted by Crippen LogP contribution is -2.52. The van der Waals surface area contributed by atoms with Crippen molar-refractivity contribution >= 4 is 47.0 Å². The number of nitrogens with zero attached hydrogens (tertiary/aromatic N) is 4. The number of hydrogen-bond donors (Lipinski definition) is 1. The van der Waals surface area contributed by atoms with E-state index in [4.69, 9.17) is 0 Å². The largest absolute Gasteiger partial charge is 0.368 e. The molecule has 0 atom stereocenters. The van der Waals surface area contributed by atoms with Gasteiger partial charge in [0, 0.05) is 43.8 Å². The van der Waals surface area contributed by atoms with Crippen molar-refractivity contribution < 1.29 is 0 Å². The van der Waals surface area contributed by atoms with E-state index in [-0.39, 0.29) is 24.0 Å². The second-order valence-electron chi connectivity index (χ2n) is 6.84. The summed E-state index contributed by atoms with van der Waals surface area (Å²) in [4.78, 5) is 15.1. The molecule has 1 aromatic heterocycles. The molecule has 1 aliphatic heterocycles. The van der Waals surface area contributed by atoms with E-state index >= 15 is 0 Å². The number of rotatable bonds is 3. The third-order valence-corrected chi connectivity index (χ3v) is 6.19. The fraction of sp³-hybridized carbons (Fsp3) is 0.500. The van der Waals surface area contributed by atoms with Gasteiger partial charge in [-0.3, -0.25) is 4.99 Å². The molecule has 0 amide bonds. The molecule has 0 bridgehead atoms. The van der Waals surface area contributed by atoms with Gasteiger partial charge in [0.2, 0.25) is 0 Å². The van der Waals surface area contributed by atoms with E-state index in [1.54, 1.807) is 11.3 Å². The van der Waals surface area contributed by atoms with E-state index in [1.165, 1.54) is 21.7 Å². The zero-order valence-electron chi connectivity index (χ0n) is 16.9. The number of nitrogens with one attached hydrogen (secondary N) is 1. The number of halogens is 1. The lowest BCUT2D eigenvalue weighted by atomic mass is 10.1. The van der Waals surface area contributed by atoms with Gasteiger partial charge in [-0.05, 0) is 44.9 Å². The zero-order chi connectivity index (χ0) is 18.7. The van der Waals surface area contributed by atoms with E-state index in [1.807, 2.05) is 7.05 Å². The summed E-state index contributed by atoms with van der Waals surface area (Å²) in [5.74, 6) is 0.982. The highest BCUT2D eigenvalue weighted by Gasteiger charge is 2.21. The Morgan fingerprint density at radius 3 is 2.44 bits per heavy atom. The Kier molecular flexibility index (Phi) is 7.91. The van der Waals surface area contributed by atoms with Crippen LogP contribution in [-0.2, 0) is 6.54 Å². The molecule has 148 valence electrons. The summed E-state index contributed by atoms with van der Waals surface area (Å²) < 4.78 is 0. The van der Waals surface area contributed by atoms with E-state index in [0.29, 0.717) is 0 Å². The second-order valence-corrected chi connectivity index (χ2v) is 8.12. The molecule has 1 aromatic carbocycles. The van der Waals surface area contributed by atoms with Crippen LogP contribution in [0.3, 0.4) is 0 Å². The normalized spacial score (nSPS) is 14.9. The first-order valence-electron chi connectivity index (χ1n) is 9.19. The molecule has 2 aromatic rings. The summed E-state index contributed by atoms with van der Waals surface area (Å²) in [5.41, 5.74) is 5.23. The first-order chi connectivity index (χ1) is 12.5. The maximum absolute atomic E-state index is 4.50. The van der Waals surface area contributed by atoms with Gasteiger partial charge in [-0.15, -0.1) is 35.3 Å². The van der Waals surface area contributed by atoms with Crippen molar-refractivity contribution in [1.29, 1.82) is 0 Å². The van der Waals surface area contributed by atoms with Crippen LogP contribution >= 0.6 is 35.3 Å². The third kappa shape index (κ3) is 5.13. The van der Waals surface area contributed by atoms with E-state index < -0.39 is 0 Å². The quantitative estimate of drug-likeness (QED) is 0.396. The SMILES string of the molecule is CN=C(NCc1sc(C)nc1C)N1CCN(c2cccc(C)c2C)CC1.I. The Morgan fingerprint density at radius 2 is 1.85 bits per heavy atom. The van der Waals surface area contributed by atoms with Crippen LogP contribution in [0.1, 0.15) is 26.7 Å². The van der Waals surface area contributed by atoms with Crippen molar-refractivity contribution in [3.05, 3.63) is 44.9 Å². The monoisotopic (exact) mass is 499 g/mol. The van der Waals surface area contributed by atoms with E-state index in [0.717, 1.165) is 49.4 Å². The molecule has 1 saturated heterocycles. The molecule has 7 heteroatoms. The van der Waals surface area contributed by atoms with Crippen molar-refractivity contribution in [1.82, 2.24) is 15.2 Å². The van der Waals surface area contributed by atoms with Crippen LogP contribution in [0.25, 0.3) is 0 Å². The molecule has 0 saturated carbocycles. The van der Waals surface area contributed by atoms with Crippen LogP contribution in [0.4, 0.5) is 5.69 Å². The molecule has 0 unspecified atom stereocenters. The number of anilines is 1. The average Bonchev–Trinajstić information content (AvgIpc) is 2.96. The van der Waals surface area contributed by atoms with Crippen molar-refractivity contribution in [2.75, 3.05) is 38.1 Å². The number of piperazine rings is 1. The number of aliphatic imine (C=N–C) groups is 1. The van der Waals surface area contributed by atoms with E-state index in [2.05, 4.69) is 71.0 Å². The molecule has 5 nitrogen and oxygen atoms in total. The predicted octanol–water partition coefficient (Wildman–Crippen LogP) is 3.89. The molecular weight excluding hydrogens is 469 g/mol. The standard InChI is InChI=1S/C20H29N5S.HI/c1-14-7-6-8-18(15(14)2)24-9-11-25(12-10-24)20(21-5)22-13-19-16(3)23-17(4)26-19;/h6-8H,9-13H2,1-5H3,(H,21,22);1H. The minimum Gasteiger partial charge on any atom is -0.368 e. The van der Waals surface area contributed by atoms with Gasteiger partial charge in [0.15, 0.2) is 5.96 Å². The highest BCUT2D eigenvalue weighted by Crippen LogP contribution is 2.24. The summed E-state index contributed by atoms with van der Waals surface area (Å²) in [5, 5.41) is 4.63. The van der Waals surface area contributed by atoms with Crippen LogP contribution in [-0.4, -0.2) is 49.1 Å². The highest BCUT2D eigenvalue weighted by molar-refractivity contribution is 14.0. The molecule has 3 rings (SSSR count). The Balaban J connectivity index is 0.00000261. The van der Waals surface area contributed by atoms with Crippen LogP contribution in [0.15, 0.2) is 23.2 Å². The first-order valence-corrected chi connectivity index (χ1v) is 10.0. The van der Waals surface area contributed by atoms with E-state index in [9.17, 15) is 0 Å². The van der Waals surface area contributed by atoms with Crippen LogP contribution in [0.2, 0.25) is 0 Å². The number of guanidine groups is 1. The third-order valence-electron chi connectivity index (χ3n) is 5.11. The zero-order valence-corrected chi connectivity index (χ0v) is 20.0. The number of hydrogen-bond acceptors (Lipinski definition) is 4. The van der Waals surface area contributed by atoms with Crippen LogP contribution < -0.4 is 10.2 Å². The van der Waals surface area contributed by atoms with Gasteiger partial charge < -0.3 is 15.1 Å². The number of benzene rings is 1. The van der Waals surface area contributed by atoms with Crippen molar-refractivity contribution in [2.24, 2.45) is 4.99 Å². The van der Waals surface area contributed by atoms with Gasteiger partial charge in [0.05, 0.1) is 17.2 Å². The Hall–Kier alpha value is -1.35. The fourth-order valence-electron chi connectivity index (χ4n) is 3.47. The molecule has 0 radical (unpaired) electrons. The van der Waals surface area contributed by atoms with Gasteiger partial charge in [-0.1, -0.05) is 12.1 Å². The van der Waals surface area contributed by atoms with Crippen molar-refractivity contribution in [3.8, 4) is 0 Å². The minimum atomic E-state index is 0. The highest BCUT2D eigenvalue weighted by atomic mass is 127. The van der Waals surface area contributed by atoms with Gasteiger partial charge in [0.1, 0.15) is 0 Å². The lowest BCUT2D eigenvalue weighted by molar-refractivity contribution is 0.372. The van der Waals surface area contributed by atoms with Gasteiger partial charge in [0.25, 0.3) is 0 Å². The van der Waals surface area contributed by atoms with Crippen LogP contribution in [0, 0.1) is 27.7 Å².